The van der Waals surface area contributed by atoms with Crippen LogP contribution in [0.1, 0.15) is 22.3 Å². The van der Waals surface area contributed by atoms with Gasteiger partial charge in [-0.2, -0.15) is 0 Å². The minimum Gasteiger partial charge on any atom is -0.508 e. The van der Waals surface area contributed by atoms with Gasteiger partial charge in [-0.05, 0) is 36.1 Å². The number of nitrogens with one attached hydrogen (secondary N) is 2. The van der Waals surface area contributed by atoms with Crippen LogP contribution in [0.2, 0.25) is 0 Å². The molecule has 2 aromatic carbocycles. The van der Waals surface area contributed by atoms with Crippen molar-refractivity contribution in [3.05, 3.63) is 84.0 Å². The molecule has 0 atom stereocenters. The van der Waals surface area contributed by atoms with Gasteiger partial charge in [0, 0.05) is 37.3 Å². The van der Waals surface area contributed by atoms with E-state index in [0.717, 1.165) is 48.2 Å². The molecule has 138 valence electrons. The van der Waals surface area contributed by atoms with Crippen molar-refractivity contribution >= 4 is 0 Å². The molecule has 4 N–H and O–H groups in total. The van der Waals surface area contributed by atoms with Crippen molar-refractivity contribution in [2.45, 2.75) is 25.9 Å². The molecule has 0 fully saturated rings. The molecule has 0 heterocycles. The number of phenols is 2. The number of hydrogen-bond donors (Lipinski definition) is 4. The Bertz CT molecular complexity index is 677. The summed E-state index contributed by atoms with van der Waals surface area (Å²) in [7, 11) is 0. The number of benzene rings is 2. The highest BCUT2D eigenvalue weighted by molar-refractivity contribution is 5.37. The Morgan fingerprint density at radius 3 is 1.54 bits per heavy atom. The van der Waals surface area contributed by atoms with Crippen LogP contribution in [0.15, 0.2) is 61.7 Å². The normalized spacial score (nSPS) is 10.6. The van der Waals surface area contributed by atoms with Crippen LogP contribution in [-0.4, -0.2) is 23.3 Å². The second-order valence-corrected chi connectivity index (χ2v) is 6.27. The summed E-state index contributed by atoms with van der Waals surface area (Å²) in [6, 6.07) is 11.3. The van der Waals surface area contributed by atoms with Gasteiger partial charge in [-0.1, -0.05) is 36.4 Å². The van der Waals surface area contributed by atoms with Crippen molar-refractivity contribution in [3.63, 3.8) is 0 Å². The van der Waals surface area contributed by atoms with E-state index in [-0.39, 0.29) is 0 Å². The Morgan fingerprint density at radius 1 is 0.731 bits per heavy atom. The van der Waals surface area contributed by atoms with E-state index >= 15 is 0 Å². The SMILES string of the molecule is C=CCc1ccc(O)c(CNCCNCc2cc(CC=C)ccc2O)c1. The molecule has 4 nitrogen and oxygen atoms in total. The summed E-state index contributed by atoms with van der Waals surface area (Å²) in [6.45, 7) is 10.2. The van der Waals surface area contributed by atoms with Crippen molar-refractivity contribution < 1.29 is 10.2 Å². The van der Waals surface area contributed by atoms with Crippen molar-refractivity contribution in [1.29, 1.82) is 0 Å². The monoisotopic (exact) mass is 352 g/mol. The van der Waals surface area contributed by atoms with Gasteiger partial charge in [0.25, 0.3) is 0 Å². The van der Waals surface area contributed by atoms with Crippen molar-refractivity contribution in [1.82, 2.24) is 10.6 Å². The maximum atomic E-state index is 9.94. The third-order valence-corrected chi connectivity index (χ3v) is 4.16. The molecule has 0 aliphatic heterocycles. The fourth-order valence-corrected chi connectivity index (χ4v) is 2.77. The Labute approximate surface area is 155 Å². The Balaban J connectivity index is 1.74. The van der Waals surface area contributed by atoms with E-state index in [1.54, 1.807) is 12.1 Å². The molecule has 2 rings (SSSR count). The Kier molecular flexibility index (Phi) is 7.93. The third-order valence-electron chi connectivity index (χ3n) is 4.16. The first-order chi connectivity index (χ1) is 12.6. The Hall–Kier alpha value is -2.56. The largest absolute Gasteiger partial charge is 0.508 e. The van der Waals surface area contributed by atoms with Gasteiger partial charge in [-0.3, -0.25) is 0 Å². The predicted molar refractivity (Wildman–Crippen MR) is 107 cm³/mol. The second-order valence-electron chi connectivity index (χ2n) is 6.27. The second kappa shape index (κ2) is 10.4. The standard InChI is InChI=1S/C22H28N2O2/c1-3-5-17-7-9-21(25)19(13-17)15-23-11-12-24-16-20-14-18(6-4-2)8-10-22(20)26/h3-4,7-10,13-14,23-26H,1-2,5-6,11-12,15-16H2. The van der Waals surface area contributed by atoms with Crippen LogP contribution in [-0.2, 0) is 25.9 Å². The van der Waals surface area contributed by atoms with Crippen molar-refractivity contribution in [2.24, 2.45) is 0 Å². The highest BCUT2D eigenvalue weighted by atomic mass is 16.3. The van der Waals surface area contributed by atoms with Crippen LogP contribution >= 0.6 is 0 Å². The van der Waals surface area contributed by atoms with Crippen molar-refractivity contribution in [3.8, 4) is 11.5 Å². The van der Waals surface area contributed by atoms with Gasteiger partial charge >= 0.3 is 0 Å². The van der Waals surface area contributed by atoms with E-state index < -0.39 is 0 Å². The molecule has 0 amide bonds. The number of aromatic hydroxyl groups is 2. The smallest absolute Gasteiger partial charge is 0.120 e. The van der Waals surface area contributed by atoms with E-state index in [1.165, 1.54) is 0 Å². The van der Waals surface area contributed by atoms with E-state index in [4.69, 9.17) is 0 Å². The van der Waals surface area contributed by atoms with Crippen LogP contribution in [0.5, 0.6) is 11.5 Å². The third kappa shape index (κ3) is 6.06. The first-order valence-corrected chi connectivity index (χ1v) is 8.88. The summed E-state index contributed by atoms with van der Waals surface area (Å²) >= 11 is 0. The summed E-state index contributed by atoms with van der Waals surface area (Å²) < 4.78 is 0. The lowest BCUT2D eigenvalue weighted by Gasteiger charge is -2.11. The average molecular weight is 352 g/mol. The lowest BCUT2D eigenvalue weighted by Crippen LogP contribution is -2.26. The van der Waals surface area contributed by atoms with Gasteiger partial charge in [-0.25, -0.2) is 0 Å². The molecule has 0 aromatic heterocycles. The van der Waals surface area contributed by atoms with Crippen LogP contribution in [0.25, 0.3) is 0 Å². The quantitative estimate of drug-likeness (QED) is 0.370. The lowest BCUT2D eigenvalue weighted by molar-refractivity contribution is 0.460. The number of hydrogen-bond acceptors (Lipinski definition) is 4. The van der Waals surface area contributed by atoms with Gasteiger partial charge in [0.05, 0.1) is 0 Å². The molecule has 0 spiro atoms. The molecule has 0 unspecified atom stereocenters. The predicted octanol–water partition coefficient (Wildman–Crippen LogP) is 3.43. The summed E-state index contributed by atoms with van der Waals surface area (Å²) in [5, 5.41) is 26.5. The van der Waals surface area contributed by atoms with E-state index in [2.05, 4.69) is 23.8 Å². The minimum absolute atomic E-state index is 0.308. The fraction of sp³-hybridized carbons (Fsp3) is 0.273. The first-order valence-electron chi connectivity index (χ1n) is 8.88. The van der Waals surface area contributed by atoms with Gasteiger partial charge < -0.3 is 20.8 Å². The zero-order chi connectivity index (χ0) is 18.8. The maximum absolute atomic E-state index is 9.94. The van der Waals surface area contributed by atoms with Gasteiger partial charge in [-0.15, -0.1) is 13.2 Å². The molecule has 0 aliphatic rings. The Morgan fingerprint density at radius 2 is 1.15 bits per heavy atom. The van der Waals surface area contributed by atoms with E-state index in [1.807, 2.05) is 36.4 Å². The maximum Gasteiger partial charge on any atom is 0.120 e. The lowest BCUT2D eigenvalue weighted by atomic mass is 10.1. The number of allylic oxidation sites excluding steroid dienone is 2. The molecule has 0 bridgehead atoms. The molecule has 0 saturated heterocycles. The number of rotatable bonds is 11. The summed E-state index contributed by atoms with van der Waals surface area (Å²) in [5.41, 5.74) is 4.06. The molecule has 0 saturated carbocycles. The molecular weight excluding hydrogens is 324 g/mol. The van der Waals surface area contributed by atoms with Crippen LogP contribution in [0.4, 0.5) is 0 Å². The van der Waals surface area contributed by atoms with Crippen LogP contribution in [0.3, 0.4) is 0 Å². The molecular formula is C22H28N2O2. The molecule has 0 aliphatic carbocycles. The molecule has 4 heteroatoms. The molecule has 0 radical (unpaired) electrons. The highest BCUT2D eigenvalue weighted by Gasteiger charge is 2.04. The van der Waals surface area contributed by atoms with Crippen LogP contribution < -0.4 is 10.6 Å². The fourth-order valence-electron chi connectivity index (χ4n) is 2.77. The zero-order valence-electron chi connectivity index (χ0n) is 15.2. The molecule has 2 aromatic rings. The number of phenolic OH excluding ortho intramolecular Hbond substituents is 2. The minimum atomic E-state index is 0.308. The zero-order valence-corrected chi connectivity index (χ0v) is 15.2. The average Bonchev–Trinajstić information content (AvgIpc) is 2.63. The van der Waals surface area contributed by atoms with Gasteiger partial charge in [0.2, 0.25) is 0 Å². The van der Waals surface area contributed by atoms with E-state index in [9.17, 15) is 10.2 Å². The van der Waals surface area contributed by atoms with E-state index in [0.29, 0.717) is 24.6 Å². The van der Waals surface area contributed by atoms with Gasteiger partial charge in [0.15, 0.2) is 0 Å². The summed E-state index contributed by atoms with van der Waals surface area (Å²) in [4.78, 5) is 0. The molecule has 26 heavy (non-hydrogen) atoms. The van der Waals surface area contributed by atoms with Crippen LogP contribution in [0, 0.1) is 0 Å². The summed E-state index contributed by atoms with van der Waals surface area (Å²) in [5.74, 6) is 0.615. The topological polar surface area (TPSA) is 64.5 Å². The van der Waals surface area contributed by atoms with Gasteiger partial charge in [0.1, 0.15) is 11.5 Å². The summed E-state index contributed by atoms with van der Waals surface area (Å²) in [6.07, 6.45) is 5.30. The highest BCUT2D eigenvalue weighted by Crippen LogP contribution is 2.19. The first kappa shape index (κ1) is 19.8. The van der Waals surface area contributed by atoms with Crippen molar-refractivity contribution in [2.75, 3.05) is 13.1 Å².